The van der Waals surface area contributed by atoms with Crippen LogP contribution in [-0.2, 0) is 0 Å². The summed E-state index contributed by atoms with van der Waals surface area (Å²) in [5, 5.41) is 0. The number of carbonyl (C=O) groups excluding carboxylic acids is 4. The Kier molecular flexibility index (Phi) is 16.0. The molecule has 0 saturated carbocycles. The molecule has 0 atom stereocenters. The van der Waals surface area contributed by atoms with Crippen molar-refractivity contribution in [2.45, 2.75) is 0 Å². The highest BCUT2D eigenvalue weighted by Gasteiger charge is 2.31. The zero-order valence-corrected chi connectivity index (χ0v) is 46.9. The lowest BCUT2D eigenvalue weighted by molar-refractivity contribution is 0.0677. The van der Waals surface area contributed by atoms with Gasteiger partial charge in [-0.2, -0.15) is 0 Å². The molecule has 0 aliphatic carbocycles. The predicted octanol–water partition coefficient (Wildman–Crippen LogP) is 12.6. The summed E-state index contributed by atoms with van der Waals surface area (Å²) in [4.78, 5) is 112. The molecule has 0 radical (unpaired) electrons. The average Bonchev–Trinajstić information content (AvgIpc) is 1.19. The first-order valence-electron chi connectivity index (χ1n) is 27.5. The van der Waals surface area contributed by atoms with Crippen LogP contribution in [0.5, 0.6) is 23.0 Å². The van der Waals surface area contributed by atoms with E-state index < -0.39 is 46.1 Å². The second kappa shape index (κ2) is 25.6. The second-order valence-electron chi connectivity index (χ2n) is 20.0. The summed E-state index contributed by atoms with van der Waals surface area (Å²) in [6.07, 6.45) is 38.2. The molecule has 20 heteroatoms. The van der Waals surface area contributed by atoms with Gasteiger partial charge in [0.15, 0.2) is 0 Å². The summed E-state index contributed by atoms with van der Waals surface area (Å²) in [6, 6.07) is 30.5. The van der Waals surface area contributed by atoms with Crippen LogP contribution in [0.2, 0.25) is 0 Å². The molecule has 430 valence electrons. The van der Waals surface area contributed by atoms with Gasteiger partial charge in [-0.15, -0.1) is 0 Å². The molecule has 0 bridgehead atoms. The van der Waals surface area contributed by atoms with Gasteiger partial charge in [-0.05, 0) is 84.9 Å². The van der Waals surface area contributed by atoms with E-state index in [0.29, 0.717) is 44.5 Å². The molecule has 0 fully saturated rings. The third kappa shape index (κ3) is 12.8. The van der Waals surface area contributed by atoms with Crippen molar-refractivity contribution < 1.29 is 38.1 Å². The van der Waals surface area contributed by atoms with Gasteiger partial charge >= 0.3 is 23.9 Å². The fourth-order valence-electron chi connectivity index (χ4n) is 9.61. The van der Waals surface area contributed by atoms with Crippen LogP contribution in [0.25, 0.3) is 89.0 Å². The minimum atomic E-state index is -1.16. The molecule has 1 aromatic carbocycles. The van der Waals surface area contributed by atoms with Gasteiger partial charge in [0, 0.05) is 213 Å². The lowest BCUT2D eigenvalue weighted by Crippen LogP contribution is -2.24. The van der Waals surface area contributed by atoms with Gasteiger partial charge in [-0.1, -0.05) is 24.3 Å². The van der Waals surface area contributed by atoms with Crippen LogP contribution in [0, 0.1) is 0 Å². The first-order chi connectivity index (χ1) is 44.2. The van der Waals surface area contributed by atoms with Crippen molar-refractivity contribution in [2.24, 2.45) is 0 Å². The lowest BCUT2D eigenvalue weighted by atomic mass is 9.97. The molecule has 0 spiro atoms. The summed E-state index contributed by atoms with van der Waals surface area (Å²) < 4.78 is 24.1. The molecule has 12 aromatic heterocycles. The smallest absolute Gasteiger partial charge is 0.344 e. The number of hydrogen-bond acceptors (Lipinski definition) is 20. The fraction of sp³-hybridized carbons (Fsp3) is 0. The Morgan fingerprint density at radius 3 is 0.578 bits per heavy atom. The van der Waals surface area contributed by atoms with E-state index >= 15 is 0 Å². The van der Waals surface area contributed by atoms with Gasteiger partial charge in [-0.3, -0.25) is 59.8 Å². The number of aromatic nitrogens is 12. The molecule has 0 amide bonds. The topological polar surface area (TPSA) is 260 Å². The van der Waals surface area contributed by atoms with Crippen molar-refractivity contribution >= 4 is 23.9 Å². The maximum Gasteiger partial charge on any atom is 0.344 e. The second-order valence-corrected chi connectivity index (χ2v) is 20.0. The Labute approximate surface area is 511 Å². The molecule has 0 unspecified atom stereocenters. The van der Waals surface area contributed by atoms with Crippen LogP contribution in [0.3, 0.4) is 0 Å². The van der Waals surface area contributed by atoms with E-state index in [1.54, 1.807) is 148 Å². The molecular formula is C70H42N12O8. The normalized spacial score (nSPS) is 10.8. The minimum absolute atomic E-state index is 0.0613. The molecular weight excluding hydrogens is 1140 g/mol. The molecule has 13 rings (SSSR count). The van der Waals surface area contributed by atoms with Crippen molar-refractivity contribution in [2.75, 3.05) is 0 Å². The summed E-state index contributed by atoms with van der Waals surface area (Å²) >= 11 is 0. The number of carbonyl (C=O) groups is 4. The lowest BCUT2D eigenvalue weighted by Gasteiger charge is -2.16. The zero-order valence-electron chi connectivity index (χ0n) is 46.9. The number of pyridine rings is 12. The monoisotopic (exact) mass is 1180 g/mol. The maximum atomic E-state index is 15.0. The molecule has 13 aromatic rings. The van der Waals surface area contributed by atoms with Crippen molar-refractivity contribution in [1.82, 2.24) is 59.8 Å². The van der Waals surface area contributed by atoms with Crippen LogP contribution < -0.4 is 18.9 Å². The van der Waals surface area contributed by atoms with E-state index in [1.165, 1.54) is 24.8 Å². The van der Waals surface area contributed by atoms with Crippen molar-refractivity contribution in [1.29, 1.82) is 0 Å². The Balaban J connectivity index is 0.891. The maximum absolute atomic E-state index is 15.0. The first kappa shape index (κ1) is 56.1. The predicted molar refractivity (Wildman–Crippen MR) is 329 cm³/mol. The third-order valence-corrected chi connectivity index (χ3v) is 14.0. The number of esters is 4. The standard InChI is InChI=1S/C70H42N12O8/c83-67(87-59-17-55(35-79-39-59)51-13-47(27-75-31-51)43-5-1-9-71-23-43)63-21-65(69(85)89-61-19-57(37-81-41-61)53-15-49(29-77-33-53)45-7-3-11-73-25-45)66(70(86)90-62-20-58(38-82-42-62)54-16-50(30-78-34-54)46-8-4-12-74-26-46)22-64(63)68(84)88-60-18-56(36-80-40-60)52-14-48(28-76-32-52)44-6-2-10-72-24-44/h1-42H. The first-order valence-corrected chi connectivity index (χ1v) is 27.5. The van der Waals surface area contributed by atoms with Crippen molar-refractivity contribution in [3.05, 3.63) is 280 Å². The van der Waals surface area contributed by atoms with Crippen LogP contribution in [0.15, 0.2) is 258 Å². The van der Waals surface area contributed by atoms with Crippen LogP contribution in [-0.4, -0.2) is 83.7 Å². The highest BCUT2D eigenvalue weighted by molar-refractivity contribution is 6.11. The van der Waals surface area contributed by atoms with Gasteiger partial charge in [0.2, 0.25) is 0 Å². The average molecular weight is 1180 g/mol. The molecule has 12 heterocycles. The van der Waals surface area contributed by atoms with Crippen LogP contribution >= 0.6 is 0 Å². The van der Waals surface area contributed by atoms with Crippen molar-refractivity contribution in [3.8, 4) is 112 Å². The molecule has 0 saturated heterocycles. The highest BCUT2D eigenvalue weighted by atomic mass is 16.6. The molecule has 0 N–H and O–H groups in total. The molecule has 0 aliphatic heterocycles. The SMILES string of the molecule is O=C(Oc1cncc(-c2cncc(-c3cccnc3)c2)c1)c1cc(C(=O)Oc2cncc(-c3cncc(-c4cccnc4)c3)c2)c(C(=O)Oc2cncc(-c3cncc(-c4cccnc4)c3)c2)cc1C(=O)Oc1cncc(-c2cncc(-c3cccnc3)c2)c1. The van der Waals surface area contributed by atoms with E-state index in [1.807, 2.05) is 72.8 Å². The quantitative estimate of drug-likeness (QED) is 0.0814. The molecule has 90 heavy (non-hydrogen) atoms. The molecule has 20 nitrogen and oxygen atoms in total. The zero-order chi connectivity index (χ0) is 61.2. The van der Waals surface area contributed by atoms with Crippen LogP contribution in [0.1, 0.15) is 41.4 Å². The van der Waals surface area contributed by atoms with Gasteiger partial charge in [-0.25, -0.2) is 19.2 Å². The molecule has 0 aliphatic rings. The Hall–Kier alpha value is -13.1. The van der Waals surface area contributed by atoms with Gasteiger partial charge in [0.1, 0.15) is 23.0 Å². The van der Waals surface area contributed by atoms with Gasteiger partial charge in [0.05, 0.1) is 47.0 Å². The van der Waals surface area contributed by atoms with E-state index in [2.05, 4.69) is 59.8 Å². The highest BCUT2D eigenvalue weighted by Crippen LogP contribution is 2.34. The number of rotatable bonds is 16. The number of benzene rings is 1. The van der Waals surface area contributed by atoms with Crippen molar-refractivity contribution in [3.63, 3.8) is 0 Å². The Morgan fingerprint density at radius 1 is 0.200 bits per heavy atom. The number of nitrogens with zero attached hydrogens (tertiary/aromatic N) is 12. The van der Waals surface area contributed by atoms with E-state index in [-0.39, 0.29) is 23.0 Å². The Bertz CT molecular complexity index is 4230. The van der Waals surface area contributed by atoms with Gasteiger partial charge < -0.3 is 18.9 Å². The van der Waals surface area contributed by atoms with E-state index in [9.17, 15) is 19.2 Å². The largest absolute Gasteiger partial charge is 0.421 e. The Morgan fingerprint density at radius 2 is 0.378 bits per heavy atom. The fourth-order valence-corrected chi connectivity index (χ4v) is 9.61. The number of hydrogen-bond donors (Lipinski definition) is 0. The van der Waals surface area contributed by atoms with E-state index in [4.69, 9.17) is 18.9 Å². The van der Waals surface area contributed by atoms with E-state index in [0.717, 1.165) is 56.6 Å². The summed E-state index contributed by atoms with van der Waals surface area (Å²) in [5.41, 5.74) is 8.78. The summed E-state index contributed by atoms with van der Waals surface area (Å²) in [6.45, 7) is 0. The number of ether oxygens (including phenoxy) is 4. The minimum Gasteiger partial charge on any atom is -0.421 e. The third-order valence-electron chi connectivity index (χ3n) is 14.0. The van der Waals surface area contributed by atoms with Gasteiger partial charge in [0.25, 0.3) is 0 Å². The summed E-state index contributed by atoms with van der Waals surface area (Å²) in [5.74, 6) is -4.89. The van der Waals surface area contributed by atoms with Crippen LogP contribution in [0.4, 0.5) is 0 Å². The summed E-state index contributed by atoms with van der Waals surface area (Å²) in [7, 11) is 0.